The molecule has 2 aromatic rings. The van der Waals surface area contributed by atoms with E-state index in [1.807, 2.05) is 0 Å². The third-order valence-corrected chi connectivity index (χ3v) is 4.01. The third kappa shape index (κ3) is 3.75. The van der Waals surface area contributed by atoms with E-state index in [2.05, 4.69) is 35.6 Å². The van der Waals surface area contributed by atoms with Gasteiger partial charge in [-0.2, -0.15) is 4.98 Å². The highest BCUT2D eigenvalue weighted by atomic mass is 79.9. The van der Waals surface area contributed by atoms with Crippen molar-refractivity contribution >= 4 is 55.0 Å². The van der Waals surface area contributed by atoms with Crippen molar-refractivity contribution in [2.75, 3.05) is 4.72 Å². The summed E-state index contributed by atoms with van der Waals surface area (Å²) in [6.07, 6.45) is 2.68. The van der Waals surface area contributed by atoms with Gasteiger partial charge in [-0.05, 0) is 33.6 Å². The van der Waals surface area contributed by atoms with E-state index < -0.39 is 10.0 Å². The number of anilines is 1. The zero-order valence-electron chi connectivity index (χ0n) is 9.01. The monoisotopic (exact) mass is 382 g/mol. The summed E-state index contributed by atoms with van der Waals surface area (Å²) in [6.45, 7) is 0. The first kappa shape index (κ1) is 14.4. The first-order valence-corrected chi connectivity index (χ1v) is 7.73. The minimum atomic E-state index is -3.82. The van der Waals surface area contributed by atoms with E-state index in [1.54, 1.807) is 0 Å². The Morgan fingerprint density at radius 3 is 2.53 bits per heavy atom. The lowest BCUT2D eigenvalue weighted by Crippen LogP contribution is -2.14. The highest BCUT2D eigenvalue weighted by molar-refractivity contribution is 9.10. The predicted octanol–water partition coefficient (Wildman–Crippen LogP) is 2.74. The standard InChI is InChI=1S/C9H5BrCl2N4O2S/c10-5-1-6(4-13-3-5)19(17,18)16-8-2-7(11)14-9(12)15-8/h1-4H,(H,14,15,16). The molecule has 19 heavy (non-hydrogen) atoms. The smallest absolute Gasteiger partial charge is 0.263 e. The number of aromatic nitrogens is 3. The molecular weight excluding hydrogens is 379 g/mol. The Labute approximate surface area is 127 Å². The molecule has 0 radical (unpaired) electrons. The Kier molecular flexibility index (Phi) is 4.24. The molecule has 0 saturated heterocycles. The van der Waals surface area contributed by atoms with Crippen molar-refractivity contribution < 1.29 is 8.42 Å². The molecule has 0 fully saturated rings. The molecule has 2 heterocycles. The molecule has 0 amide bonds. The zero-order valence-corrected chi connectivity index (χ0v) is 12.9. The van der Waals surface area contributed by atoms with Crippen LogP contribution in [0.1, 0.15) is 0 Å². The molecular formula is C9H5BrCl2N4O2S. The van der Waals surface area contributed by atoms with Gasteiger partial charge in [0.1, 0.15) is 15.9 Å². The van der Waals surface area contributed by atoms with Crippen molar-refractivity contribution in [3.05, 3.63) is 39.4 Å². The molecule has 0 aliphatic carbocycles. The molecule has 0 atom stereocenters. The van der Waals surface area contributed by atoms with Crippen molar-refractivity contribution in [1.82, 2.24) is 15.0 Å². The van der Waals surface area contributed by atoms with Gasteiger partial charge in [0.15, 0.2) is 0 Å². The topological polar surface area (TPSA) is 84.8 Å². The summed E-state index contributed by atoms with van der Waals surface area (Å²) >= 11 is 14.4. The number of pyridine rings is 1. The molecule has 1 N–H and O–H groups in total. The second kappa shape index (κ2) is 5.58. The van der Waals surface area contributed by atoms with E-state index in [1.165, 1.54) is 24.5 Å². The van der Waals surface area contributed by atoms with Crippen molar-refractivity contribution in [2.24, 2.45) is 0 Å². The highest BCUT2D eigenvalue weighted by Crippen LogP contribution is 2.20. The largest absolute Gasteiger partial charge is 0.264 e. The Bertz CT molecular complexity index is 706. The second-order valence-electron chi connectivity index (χ2n) is 3.29. The summed E-state index contributed by atoms with van der Waals surface area (Å²) in [5.74, 6) is -0.0232. The van der Waals surface area contributed by atoms with Crippen LogP contribution in [-0.4, -0.2) is 23.4 Å². The number of nitrogens with one attached hydrogen (secondary N) is 1. The van der Waals surface area contributed by atoms with E-state index >= 15 is 0 Å². The van der Waals surface area contributed by atoms with Crippen LogP contribution in [-0.2, 0) is 10.0 Å². The fourth-order valence-electron chi connectivity index (χ4n) is 1.18. The molecule has 0 saturated carbocycles. The van der Waals surface area contributed by atoms with Gasteiger partial charge < -0.3 is 0 Å². The molecule has 0 unspecified atom stereocenters. The van der Waals surface area contributed by atoms with Crippen LogP contribution in [0.15, 0.2) is 33.9 Å². The van der Waals surface area contributed by atoms with Crippen LogP contribution in [0.2, 0.25) is 10.4 Å². The predicted molar refractivity (Wildman–Crippen MR) is 74.8 cm³/mol. The van der Waals surface area contributed by atoms with Crippen molar-refractivity contribution in [1.29, 1.82) is 0 Å². The molecule has 100 valence electrons. The molecule has 2 rings (SSSR count). The third-order valence-electron chi connectivity index (χ3n) is 1.90. The number of rotatable bonds is 3. The average Bonchev–Trinajstić information content (AvgIpc) is 2.26. The first-order valence-electron chi connectivity index (χ1n) is 4.70. The zero-order chi connectivity index (χ0) is 14.0. The molecule has 0 aromatic carbocycles. The van der Waals surface area contributed by atoms with Gasteiger partial charge in [0.2, 0.25) is 5.28 Å². The lowest BCUT2D eigenvalue weighted by molar-refractivity contribution is 0.600. The van der Waals surface area contributed by atoms with Crippen LogP contribution < -0.4 is 4.72 Å². The molecule has 0 bridgehead atoms. The van der Waals surface area contributed by atoms with E-state index in [0.717, 1.165) is 0 Å². The molecule has 10 heteroatoms. The van der Waals surface area contributed by atoms with Crippen molar-refractivity contribution in [3.8, 4) is 0 Å². The van der Waals surface area contributed by atoms with Crippen LogP contribution in [0.25, 0.3) is 0 Å². The van der Waals surface area contributed by atoms with Crippen LogP contribution in [0.3, 0.4) is 0 Å². The number of halogens is 3. The quantitative estimate of drug-likeness (QED) is 0.650. The summed E-state index contributed by atoms with van der Waals surface area (Å²) in [5.41, 5.74) is 0. The first-order chi connectivity index (χ1) is 8.87. The van der Waals surface area contributed by atoms with Gasteiger partial charge >= 0.3 is 0 Å². The number of hydrogen-bond donors (Lipinski definition) is 1. The lowest BCUT2D eigenvalue weighted by atomic mass is 10.5. The normalized spacial score (nSPS) is 11.3. The van der Waals surface area contributed by atoms with Gasteiger partial charge in [-0.1, -0.05) is 11.6 Å². The molecule has 0 aliphatic heterocycles. The Morgan fingerprint density at radius 2 is 1.89 bits per heavy atom. The SMILES string of the molecule is O=S(=O)(Nc1cc(Cl)nc(Cl)n1)c1cncc(Br)c1. The van der Waals surface area contributed by atoms with Crippen LogP contribution in [0.5, 0.6) is 0 Å². The second-order valence-corrected chi connectivity index (χ2v) is 6.61. The molecule has 6 nitrogen and oxygen atoms in total. The van der Waals surface area contributed by atoms with E-state index in [4.69, 9.17) is 23.2 Å². The maximum absolute atomic E-state index is 12.1. The van der Waals surface area contributed by atoms with Gasteiger partial charge in [0.05, 0.1) is 0 Å². The Balaban J connectivity index is 2.36. The molecule has 2 aromatic heterocycles. The average molecular weight is 384 g/mol. The van der Waals surface area contributed by atoms with Gasteiger partial charge in [-0.3, -0.25) is 9.71 Å². The minimum absolute atomic E-state index is 0.0206. The van der Waals surface area contributed by atoms with Gasteiger partial charge in [0.25, 0.3) is 10.0 Å². The summed E-state index contributed by atoms with van der Waals surface area (Å²) in [5, 5.41) is -0.123. The van der Waals surface area contributed by atoms with E-state index in [0.29, 0.717) is 4.47 Å². The summed E-state index contributed by atoms with van der Waals surface area (Å²) < 4.78 is 26.9. The maximum Gasteiger partial charge on any atom is 0.264 e. The maximum atomic E-state index is 12.1. The number of nitrogens with zero attached hydrogens (tertiary/aromatic N) is 3. The fraction of sp³-hybridized carbons (Fsp3) is 0. The Morgan fingerprint density at radius 1 is 1.16 bits per heavy atom. The summed E-state index contributed by atoms with van der Waals surface area (Å²) in [7, 11) is -3.82. The summed E-state index contributed by atoms with van der Waals surface area (Å²) in [4.78, 5) is 11.1. The van der Waals surface area contributed by atoms with Crippen LogP contribution in [0, 0.1) is 0 Å². The fourth-order valence-corrected chi connectivity index (χ4v) is 3.08. The van der Waals surface area contributed by atoms with Gasteiger partial charge in [0, 0.05) is 22.9 Å². The van der Waals surface area contributed by atoms with Gasteiger partial charge in [-0.15, -0.1) is 0 Å². The molecule has 0 spiro atoms. The number of sulfonamides is 1. The van der Waals surface area contributed by atoms with Gasteiger partial charge in [-0.25, -0.2) is 13.4 Å². The summed E-state index contributed by atoms with van der Waals surface area (Å²) in [6, 6.07) is 2.65. The van der Waals surface area contributed by atoms with Crippen LogP contribution in [0.4, 0.5) is 5.82 Å². The highest BCUT2D eigenvalue weighted by Gasteiger charge is 2.16. The van der Waals surface area contributed by atoms with Crippen molar-refractivity contribution in [2.45, 2.75) is 4.90 Å². The Hall–Kier alpha value is -0.960. The molecule has 0 aliphatic rings. The van der Waals surface area contributed by atoms with Crippen molar-refractivity contribution in [3.63, 3.8) is 0 Å². The van der Waals surface area contributed by atoms with Crippen LogP contribution >= 0.6 is 39.1 Å². The minimum Gasteiger partial charge on any atom is -0.263 e. The lowest BCUT2D eigenvalue weighted by Gasteiger charge is -2.07. The van der Waals surface area contributed by atoms with E-state index in [9.17, 15) is 8.42 Å². The number of hydrogen-bond acceptors (Lipinski definition) is 5. The van der Waals surface area contributed by atoms with E-state index in [-0.39, 0.29) is 21.2 Å².